The van der Waals surface area contributed by atoms with Gasteiger partial charge in [0.05, 0.1) is 25.1 Å². The highest BCUT2D eigenvalue weighted by Crippen LogP contribution is 2.15. The van der Waals surface area contributed by atoms with Gasteiger partial charge in [-0.2, -0.15) is 5.10 Å². The van der Waals surface area contributed by atoms with Crippen molar-refractivity contribution in [1.29, 1.82) is 0 Å². The second-order valence-corrected chi connectivity index (χ2v) is 5.64. The molecule has 1 atom stereocenters. The van der Waals surface area contributed by atoms with Crippen molar-refractivity contribution >= 4 is 6.09 Å². The van der Waals surface area contributed by atoms with Crippen molar-refractivity contribution in [1.82, 2.24) is 20.1 Å². The number of carbonyl (C=O) groups is 1. The maximum absolute atomic E-state index is 11.7. The molecule has 0 saturated carbocycles. The lowest BCUT2D eigenvalue weighted by Gasteiger charge is -2.10. The van der Waals surface area contributed by atoms with E-state index in [9.17, 15) is 4.79 Å². The van der Waals surface area contributed by atoms with Crippen LogP contribution in [0.25, 0.3) is 11.3 Å². The third-order valence-electron chi connectivity index (χ3n) is 3.74. The van der Waals surface area contributed by atoms with Crippen molar-refractivity contribution in [2.75, 3.05) is 19.8 Å². The summed E-state index contributed by atoms with van der Waals surface area (Å²) < 4.78 is 12.2. The summed E-state index contributed by atoms with van der Waals surface area (Å²) in [5.41, 5.74) is 2.73. The fraction of sp³-hybridized carbons (Fsp3) is 0.438. The molecule has 2 aromatic heterocycles. The number of pyridine rings is 1. The third-order valence-corrected chi connectivity index (χ3v) is 3.74. The van der Waals surface area contributed by atoms with Gasteiger partial charge in [-0.05, 0) is 18.1 Å². The van der Waals surface area contributed by atoms with E-state index >= 15 is 0 Å². The number of aromatic nitrogens is 3. The predicted octanol–water partition coefficient (Wildman–Crippen LogP) is 1.74. The van der Waals surface area contributed by atoms with Gasteiger partial charge in [0.2, 0.25) is 0 Å². The molecule has 122 valence electrons. The highest BCUT2D eigenvalue weighted by Gasteiger charge is 2.17. The fourth-order valence-corrected chi connectivity index (χ4v) is 2.39. The van der Waals surface area contributed by atoms with E-state index in [1.165, 1.54) is 0 Å². The van der Waals surface area contributed by atoms with Crippen LogP contribution in [0.5, 0.6) is 0 Å². The van der Waals surface area contributed by atoms with Gasteiger partial charge < -0.3 is 14.8 Å². The monoisotopic (exact) mass is 316 g/mol. The molecular formula is C16H20N4O3. The Bertz CT molecular complexity index is 648. The zero-order chi connectivity index (χ0) is 16.1. The molecule has 1 aliphatic rings. The van der Waals surface area contributed by atoms with Crippen LogP contribution in [0.3, 0.4) is 0 Å². The standard InChI is InChI=1S/C16H20N4O3/c1-20-9-14(8-19-20)15-3-2-12(6-17-15)7-18-16(21)23-11-13-4-5-22-10-13/h2-3,6,8-9,13H,4-5,7,10-11H2,1H3,(H,18,21)/t13-/m0/s1. The van der Waals surface area contributed by atoms with E-state index in [1.807, 2.05) is 25.4 Å². The Morgan fingerprint density at radius 3 is 3.04 bits per heavy atom. The quantitative estimate of drug-likeness (QED) is 0.909. The van der Waals surface area contributed by atoms with E-state index in [2.05, 4.69) is 15.4 Å². The first-order valence-corrected chi connectivity index (χ1v) is 7.63. The molecule has 2 aromatic rings. The summed E-state index contributed by atoms with van der Waals surface area (Å²) in [7, 11) is 1.87. The minimum Gasteiger partial charge on any atom is -0.449 e. The average molecular weight is 316 g/mol. The van der Waals surface area contributed by atoms with E-state index in [4.69, 9.17) is 9.47 Å². The molecular weight excluding hydrogens is 296 g/mol. The second-order valence-electron chi connectivity index (χ2n) is 5.64. The van der Waals surface area contributed by atoms with Crippen LogP contribution in [0.15, 0.2) is 30.7 Å². The Labute approximate surface area is 134 Å². The summed E-state index contributed by atoms with van der Waals surface area (Å²) in [6.07, 6.45) is 5.96. The molecule has 0 unspecified atom stereocenters. The minimum absolute atomic E-state index is 0.321. The number of ether oxygens (including phenoxy) is 2. The number of nitrogens with one attached hydrogen (secondary N) is 1. The molecule has 0 aliphatic carbocycles. The zero-order valence-electron chi connectivity index (χ0n) is 13.1. The van der Waals surface area contributed by atoms with Crippen LogP contribution in [-0.4, -0.2) is 40.7 Å². The Kier molecular flexibility index (Phi) is 4.87. The lowest BCUT2D eigenvalue weighted by Crippen LogP contribution is -2.26. The Morgan fingerprint density at radius 1 is 1.48 bits per heavy atom. The summed E-state index contributed by atoms with van der Waals surface area (Å²) in [4.78, 5) is 16.0. The topological polar surface area (TPSA) is 78.3 Å². The van der Waals surface area contributed by atoms with E-state index in [-0.39, 0.29) is 0 Å². The predicted molar refractivity (Wildman–Crippen MR) is 83.6 cm³/mol. The fourth-order valence-electron chi connectivity index (χ4n) is 2.39. The molecule has 1 aliphatic heterocycles. The number of rotatable bonds is 5. The maximum Gasteiger partial charge on any atom is 0.407 e. The van der Waals surface area contributed by atoms with Crippen LogP contribution >= 0.6 is 0 Å². The van der Waals surface area contributed by atoms with Crippen molar-refractivity contribution in [2.45, 2.75) is 13.0 Å². The summed E-state index contributed by atoms with van der Waals surface area (Å²) in [5, 5.41) is 6.85. The molecule has 7 nitrogen and oxygen atoms in total. The molecule has 3 heterocycles. The van der Waals surface area contributed by atoms with Crippen molar-refractivity contribution < 1.29 is 14.3 Å². The number of aryl methyl sites for hydroxylation is 1. The van der Waals surface area contributed by atoms with E-state index < -0.39 is 6.09 Å². The van der Waals surface area contributed by atoms with E-state index in [0.29, 0.717) is 25.7 Å². The molecule has 0 radical (unpaired) electrons. The normalized spacial score (nSPS) is 17.2. The third kappa shape index (κ3) is 4.29. The highest BCUT2D eigenvalue weighted by atomic mass is 16.6. The Balaban J connectivity index is 1.45. The van der Waals surface area contributed by atoms with Crippen LogP contribution < -0.4 is 5.32 Å². The lowest BCUT2D eigenvalue weighted by molar-refractivity contribution is 0.116. The highest BCUT2D eigenvalue weighted by molar-refractivity contribution is 5.67. The number of amides is 1. The van der Waals surface area contributed by atoms with Gasteiger partial charge >= 0.3 is 6.09 Å². The van der Waals surface area contributed by atoms with Crippen molar-refractivity contribution in [3.63, 3.8) is 0 Å². The van der Waals surface area contributed by atoms with Gasteiger partial charge in [-0.3, -0.25) is 9.67 Å². The minimum atomic E-state index is -0.409. The van der Waals surface area contributed by atoms with Gasteiger partial charge in [0.15, 0.2) is 0 Å². The lowest BCUT2D eigenvalue weighted by atomic mass is 10.1. The summed E-state index contributed by atoms with van der Waals surface area (Å²) in [6, 6.07) is 3.84. The van der Waals surface area contributed by atoms with Crippen LogP contribution in [-0.2, 0) is 23.1 Å². The number of hydrogen-bond acceptors (Lipinski definition) is 5. The van der Waals surface area contributed by atoms with Gasteiger partial charge in [-0.15, -0.1) is 0 Å². The van der Waals surface area contributed by atoms with E-state index in [1.54, 1.807) is 17.1 Å². The number of hydrogen-bond donors (Lipinski definition) is 1. The molecule has 1 fully saturated rings. The van der Waals surface area contributed by atoms with Gasteiger partial charge in [0, 0.05) is 44.1 Å². The maximum atomic E-state index is 11.7. The molecule has 7 heteroatoms. The smallest absolute Gasteiger partial charge is 0.407 e. The molecule has 0 spiro atoms. The van der Waals surface area contributed by atoms with Gasteiger partial charge in [-0.1, -0.05) is 6.07 Å². The molecule has 1 N–H and O–H groups in total. The summed E-state index contributed by atoms with van der Waals surface area (Å²) in [6.45, 7) is 2.22. The number of carbonyl (C=O) groups excluding carboxylic acids is 1. The van der Waals surface area contributed by atoms with Crippen molar-refractivity contribution in [2.24, 2.45) is 13.0 Å². The SMILES string of the molecule is Cn1cc(-c2ccc(CNC(=O)OC[C@H]3CCOC3)cn2)cn1. The Hall–Kier alpha value is -2.41. The number of alkyl carbamates (subject to hydrolysis) is 1. The molecule has 23 heavy (non-hydrogen) atoms. The first-order valence-electron chi connectivity index (χ1n) is 7.63. The van der Waals surface area contributed by atoms with Crippen molar-refractivity contribution in [3.05, 3.63) is 36.3 Å². The summed E-state index contributed by atoms with van der Waals surface area (Å²) in [5.74, 6) is 0.321. The van der Waals surface area contributed by atoms with Gasteiger partial charge in [0.25, 0.3) is 0 Å². The van der Waals surface area contributed by atoms with Crippen molar-refractivity contribution in [3.8, 4) is 11.3 Å². The first-order chi connectivity index (χ1) is 11.2. The number of nitrogens with zero attached hydrogens (tertiary/aromatic N) is 3. The molecule has 1 amide bonds. The molecule has 0 aromatic carbocycles. The Morgan fingerprint density at radius 2 is 2.39 bits per heavy atom. The van der Waals surface area contributed by atoms with Gasteiger partial charge in [0.1, 0.15) is 0 Å². The van der Waals surface area contributed by atoms with Crippen LogP contribution in [0.1, 0.15) is 12.0 Å². The molecule has 0 bridgehead atoms. The molecule has 1 saturated heterocycles. The van der Waals surface area contributed by atoms with Crippen LogP contribution in [0.2, 0.25) is 0 Å². The molecule has 3 rings (SSSR count). The zero-order valence-corrected chi connectivity index (χ0v) is 13.1. The second kappa shape index (κ2) is 7.23. The van der Waals surface area contributed by atoms with Crippen LogP contribution in [0, 0.1) is 5.92 Å². The van der Waals surface area contributed by atoms with Crippen LogP contribution in [0.4, 0.5) is 4.79 Å². The summed E-state index contributed by atoms with van der Waals surface area (Å²) >= 11 is 0. The van der Waals surface area contributed by atoms with E-state index in [0.717, 1.165) is 29.8 Å². The first kappa shape index (κ1) is 15.5. The average Bonchev–Trinajstić information content (AvgIpc) is 3.23. The van der Waals surface area contributed by atoms with Gasteiger partial charge in [-0.25, -0.2) is 4.79 Å². The largest absolute Gasteiger partial charge is 0.449 e.